The van der Waals surface area contributed by atoms with E-state index in [1.165, 1.54) is 12.1 Å². The highest BCUT2D eigenvalue weighted by Gasteiger charge is 2.14. The second kappa shape index (κ2) is 5.02. The van der Waals surface area contributed by atoms with E-state index in [0.717, 1.165) is 38.3 Å². The van der Waals surface area contributed by atoms with Crippen LogP contribution in [0.5, 0.6) is 0 Å². The van der Waals surface area contributed by atoms with Crippen LogP contribution in [0.4, 0.5) is 0 Å². The van der Waals surface area contributed by atoms with Crippen LogP contribution in [0.15, 0.2) is 17.3 Å². The Balaban J connectivity index is 2.42. The van der Waals surface area contributed by atoms with Gasteiger partial charge in [-0.05, 0) is 26.3 Å². The lowest BCUT2D eigenvalue weighted by atomic mass is 10.1. The molecule has 0 aromatic heterocycles. The van der Waals surface area contributed by atoms with Crippen molar-refractivity contribution in [2.75, 3.05) is 26.2 Å². The third kappa shape index (κ3) is 3.59. The van der Waals surface area contributed by atoms with Crippen molar-refractivity contribution in [2.45, 2.75) is 19.8 Å². The number of aliphatic imine (C=N–C) groups is 1. The molecule has 1 saturated heterocycles. The molecule has 0 saturated carbocycles. The topological polar surface area (TPSA) is 41.6 Å². The Kier molecular flexibility index (Phi) is 3.96. The van der Waals surface area contributed by atoms with Crippen LogP contribution in [0.2, 0.25) is 0 Å². The lowest BCUT2D eigenvalue weighted by molar-refractivity contribution is 0.314. The minimum absolute atomic E-state index is 0.748. The Bertz CT molecular complexity index is 208. The Morgan fingerprint density at radius 1 is 1.69 bits per heavy atom. The Hall–Kier alpha value is -0.830. The van der Waals surface area contributed by atoms with Gasteiger partial charge in [0, 0.05) is 31.0 Å². The molecule has 1 aliphatic rings. The Morgan fingerprint density at radius 2 is 2.46 bits per heavy atom. The van der Waals surface area contributed by atoms with E-state index in [4.69, 9.17) is 5.73 Å². The van der Waals surface area contributed by atoms with Crippen LogP contribution in [0.3, 0.4) is 0 Å². The van der Waals surface area contributed by atoms with Gasteiger partial charge in [-0.25, -0.2) is 0 Å². The van der Waals surface area contributed by atoms with Crippen LogP contribution in [0, 0.1) is 0 Å². The first kappa shape index (κ1) is 10.3. The van der Waals surface area contributed by atoms with Crippen LogP contribution in [-0.4, -0.2) is 36.8 Å². The van der Waals surface area contributed by atoms with Crippen molar-refractivity contribution in [1.82, 2.24) is 4.90 Å². The summed E-state index contributed by atoms with van der Waals surface area (Å²) in [6.07, 6.45) is 2.35. The second-order valence-electron chi connectivity index (χ2n) is 3.51. The molecule has 13 heavy (non-hydrogen) atoms. The van der Waals surface area contributed by atoms with Crippen molar-refractivity contribution in [2.24, 2.45) is 10.7 Å². The van der Waals surface area contributed by atoms with E-state index in [2.05, 4.69) is 23.4 Å². The molecule has 0 unspecified atom stereocenters. The van der Waals surface area contributed by atoms with Crippen LogP contribution in [0.25, 0.3) is 0 Å². The van der Waals surface area contributed by atoms with Gasteiger partial charge in [-0.15, -0.1) is 0 Å². The Labute approximate surface area is 80.3 Å². The van der Waals surface area contributed by atoms with Gasteiger partial charge in [0.25, 0.3) is 0 Å². The maximum absolute atomic E-state index is 5.57. The number of nitrogens with zero attached hydrogens (tertiary/aromatic N) is 2. The van der Waals surface area contributed by atoms with Gasteiger partial charge in [0.2, 0.25) is 0 Å². The van der Waals surface area contributed by atoms with Gasteiger partial charge in [-0.3, -0.25) is 9.89 Å². The first-order valence-electron chi connectivity index (χ1n) is 4.90. The summed E-state index contributed by atoms with van der Waals surface area (Å²) >= 11 is 0. The van der Waals surface area contributed by atoms with Crippen LogP contribution < -0.4 is 5.73 Å². The van der Waals surface area contributed by atoms with Crippen molar-refractivity contribution >= 4 is 5.71 Å². The van der Waals surface area contributed by atoms with Gasteiger partial charge >= 0.3 is 0 Å². The highest BCUT2D eigenvalue weighted by molar-refractivity contribution is 5.87. The molecule has 0 spiro atoms. The molecule has 0 atom stereocenters. The molecule has 0 aromatic carbocycles. The average Bonchev–Trinajstić information content (AvgIpc) is 2.04. The van der Waals surface area contributed by atoms with E-state index in [1.807, 2.05) is 0 Å². The van der Waals surface area contributed by atoms with E-state index in [9.17, 15) is 0 Å². The van der Waals surface area contributed by atoms with Crippen molar-refractivity contribution in [3.8, 4) is 0 Å². The van der Waals surface area contributed by atoms with Gasteiger partial charge in [0.15, 0.2) is 0 Å². The number of rotatable bonds is 3. The summed E-state index contributed by atoms with van der Waals surface area (Å²) in [5.74, 6) is 0. The molecule has 3 nitrogen and oxygen atoms in total. The molecular formula is C10H19N3. The van der Waals surface area contributed by atoms with Crippen LogP contribution >= 0.6 is 0 Å². The molecule has 74 valence electrons. The molecule has 2 N–H and O–H groups in total. The lowest BCUT2D eigenvalue weighted by Crippen LogP contribution is -2.37. The molecule has 1 aliphatic heterocycles. The highest BCUT2D eigenvalue weighted by Crippen LogP contribution is 2.07. The maximum atomic E-state index is 5.57. The zero-order chi connectivity index (χ0) is 9.68. The molecule has 0 bridgehead atoms. The highest BCUT2D eigenvalue weighted by atomic mass is 15.1. The number of nitrogens with two attached hydrogens (primary N) is 1. The fourth-order valence-corrected chi connectivity index (χ4v) is 1.70. The van der Waals surface area contributed by atoms with E-state index in [-0.39, 0.29) is 0 Å². The fourth-order valence-electron chi connectivity index (χ4n) is 1.70. The van der Waals surface area contributed by atoms with E-state index in [1.54, 1.807) is 0 Å². The summed E-state index contributed by atoms with van der Waals surface area (Å²) < 4.78 is 0. The van der Waals surface area contributed by atoms with Crippen molar-refractivity contribution < 1.29 is 0 Å². The minimum atomic E-state index is 0.748. The normalized spacial score (nSPS) is 22.1. The van der Waals surface area contributed by atoms with Gasteiger partial charge in [0.1, 0.15) is 0 Å². The average molecular weight is 181 g/mol. The van der Waals surface area contributed by atoms with E-state index >= 15 is 0 Å². The lowest BCUT2D eigenvalue weighted by Gasteiger charge is -2.27. The summed E-state index contributed by atoms with van der Waals surface area (Å²) in [6, 6.07) is 0. The second-order valence-corrected chi connectivity index (χ2v) is 3.51. The van der Waals surface area contributed by atoms with Gasteiger partial charge in [-0.2, -0.15) is 0 Å². The van der Waals surface area contributed by atoms with Gasteiger partial charge in [-0.1, -0.05) is 6.58 Å². The number of piperidine rings is 1. The van der Waals surface area contributed by atoms with Gasteiger partial charge in [0.05, 0.1) is 0 Å². The van der Waals surface area contributed by atoms with E-state index in [0.29, 0.717) is 0 Å². The SMILES string of the molecule is C=C(N)CN1CCCC(=NCC)C1. The molecular weight excluding hydrogens is 162 g/mol. The molecule has 1 rings (SSSR count). The number of hydrogen-bond donors (Lipinski definition) is 1. The molecule has 0 amide bonds. The molecule has 0 aromatic rings. The predicted octanol–water partition coefficient (Wildman–Crippen LogP) is 1.02. The summed E-state index contributed by atoms with van der Waals surface area (Å²) in [4.78, 5) is 6.75. The molecule has 0 aliphatic carbocycles. The first-order chi connectivity index (χ1) is 6.22. The van der Waals surface area contributed by atoms with Crippen LogP contribution in [0.1, 0.15) is 19.8 Å². The summed E-state index contributed by atoms with van der Waals surface area (Å²) in [5.41, 5.74) is 7.63. The Morgan fingerprint density at radius 3 is 3.08 bits per heavy atom. The van der Waals surface area contributed by atoms with Crippen molar-refractivity contribution in [3.63, 3.8) is 0 Å². The van der Waals surface area contributed by atoms with Crippen LogP contribution in [-0.2, 0) is 0 Å². The smallest absolute Gasteiger partial charge is 0.0377 e. The van der Waals surface area contributed by atoms with E-state index < -0.39 is 0 Å². The largest absolute Gasteiger partial charge is 0.401 e. The quantitative estimate of drug-likeness (QED) is 0.706. The summed E-state index contributed by atoms with van der Waals surface area (Å²) in [5, 5.41) is 0. The zero-order valence-corrected chi connectivity index (χ0v) is 8.42. The van der Waals surface area contributed by atoms with Gasteiger partial charge < -0.3 is 5.73 Å². The number of hydrogen-bond acceptors (Lipinski definition) is 3. The summed E-state index contributed by atoms with van der Waals surface area (Å²) in [7, 11) is 0. The monoisotopic (exact) mass is 181 g/mol. The minimum Gasteiger partial charge on any atom is -0.401 e. The maximum Gasteiger partial charge on any atom is 0.0377 e. The predicted molar refractivity (Wildman–Crippen MR) is 57.0 cm³/mol. The van der Waals surface area contributed by atoms with Crippen molar-refractivity contribution in [1.29, 1.82) is 0 Å². The third-order valence-corrected chi connectivity index (χ3v) is 2.15. The van der Waals surface area contributed by atoms with Crippen molar-refractivity contribution in [3.05, 3.63) is 12.3 Å². The third-order valence-electron chi connectivity index (χ3n) is 2.15. The molecule has 1 fully saturated rings. The number of likely N-dealkylation sites (tertiary alicyclic amines) is 1. The first-order valence-corrected chi connectivity index (χ1v) is 4.90. The molecule has 3 heteroatoms. The zero-order valence-electron chi connectivity index (χ0n) is 8.42. The molecule has 0 radical (unpaired) electrons. The standard InChI is InChI=1S/C10H19N3/c1-3-12-10-5-4-6-13(8-10)7-9(2)11/h2-8,11H2,1H3. The fraction of sp³-hybridized carbons (Fsp3) is 0.700. The molecule has 1 heterocycles. The summed E-state index contributed by atoms with van der Waals surface area (Å²) in [6.45, 7) is 9.60.